The van der Waals surface area contributed by atoms with Crippen LogP contribution in [0.5, 0.6) is 0 Å². The Bertz CT molecular complexity index is 1770. The molecule has 2 N–H and O–H groups in total. The number of rotatable bonds is 6. The van der Waals surface area contributed by atoms with Crippen LogP contribution >= 0.6 is 0 Å². The van der Waals surface area contributed by atoms with Gasteiger partial charge in [-0.3, -0.25) is 9.79 Å². The summed E-state index contributed by atoms with van der Waals surface area (Å²) in [6, 6.07) is 13.3. The molecule has 0 spiro atoms. The third kappa shape index (κ3) is 5.57. The number of aromatic amines is 1. The minimum atomic E-state index is -4.54. The highest BCUT2D eigenvalue weighted by molar-refractivity contribution is 6.00. The van der Waals surface area contributed by atoms with Crippen molar-refractivity contribution in [3.63, 3.8) is 0 Å². The van der Waals surface area contributed by atoms with Crippen LogP contribution < -0.4 is 5.32 Å². The van der Waals surface area contributed by atoms with Crippen molar-refractivity contribution in [3.05, 3.63) is 66.2 Å². The number of alkyl halides is 4. The fraction of sp³-hybridized carbons (Fsp3) is 0.286. The van der Waals surface area contributed by atoms with E-state index in [9.17, 15) is 22.4 Å². The largest absolute Gasteiger partial charge is 0.406 e. The van der Waals surface area contributed by atoms with Gasteiger partial charge in [-0.1, -0.05) is 17.3 Å². The molecule has 212 valence electrons. The molecule has 1 aliphatic rings. The Morgan fingerprint density at radius 3 is 2.88 bits per heavy atom. The molecule has 0 radical (unpaired) electrons. The molecule has 13 heteroatoms. The zero-order valence-electron chi connectivity index (χ0n) is 21.9. The maximum absolute atomic E-state index is 14.7. The van der Waals surface area contributed by atoms with E-state index in [1.807, 2.05) is 24.1 Å². The number of likely N-dealkylation sites (tertiary alicyclic amines) is 1. The standard InChI is InChI=1S/C28H25F4N7O2/c1-38-10-8-21(19(29)14-38)35-20-3-2-4-23-18(20)12-24(39(23)15-28(30,31)32)26-36-25(41-37-26)13-34-27(40)17-6-5-16-7-9-33-22(16)11-17/h2-7,9,11-12,19,33H,8,10,13-15H2,1H3,(H,34,40)/b35-21+/t19-/m0/s1. The van der Waals surface area contributed by atoms with Crippen LogP contribution in [0.1, 0.15) is 22.7 Å². The van der Waals surface area contributed by atoms with Gasteiger partial charge in [0.15, 0.2) is 6.17 Å². The van der Waals surface area contributed by atoms with E-state index in [-0.39, 0.29) is 41.9 Å². The van der Waals surface area contributed by atoms with Gasteiger partial charge < -0.3 is 24.3 Å². The molecule has 0 unspecified atom stereocenters. The lowest BCUT2D eigenvalue weighted by atomic mass is 10.1. The monoisotopic (exact) mass is 567 g/mol. The van der Waals surface area contributed by atoms with Crippen molar-refractivity contribution < 1.29 is 26.9 Å². The molecule has 5 aromatic rings. The molecule has 4 heterocycles. The number of aliphatic imine (C=N–C) groups is 1. The lowest BCUT2D eigenvalue weighted by molar-refractivity contribution is -0.139. The van der Waals surface area contributed by atoms with Crippen LogP contribution in [-0.4, -0.2) is 68.7 Å². The molecular formula is C28H25F4N7O2. The molecule has 1 saturated heterocycles. The molecule has 1 fully saturated rings. The Hall–Kier alpha value is -4.52. The molecule has 3 aromatic heterocycles. The maximum Gasteiger partial charge on any atom is 0.406 e. The number of amides is 1. The summed E-state index contributed by atoms with van der Waals surface area (Å²) in [7, 11) is 1.82. The normalized spacial score (nSPS) is 17.6. The summed E-state index contributed by atoms with van der Waals surface area (Å²) in [6.07, 6.45) is -3.61. The first-order chi connectivity index (χ1) is 19.6. The third-order valence-electron chi connectivity index (χ3n) is 7.02. The van der Waals surface area contributed by atoms with Crippen LogP contribution in [-0.2, 0) is 13.1 Å². The van der Waals surface area contributed by atoms with Gasteiger partial charge in [0.25, 0.3) is 5.91 Å². The molecule has 6 rings (SSSR count). The predicted octanol–water partition coefficient (Wildman–Crippen LogP) is 5.41. The number of carbonyl (C=O) groups is 1. The Kier molecular flexibility index (Phi) is 6.81. The molecule has 0 saturated carbocycles. The van der Waals surface area contributed by atoms with Crippen molar-refractivity contribution in [1.82, 2.24) is 29.9 Å². The van der Waals surface area contributed by atoms with Crippen LogP contribution in [0.4, 0.5) is 23.2 Å². The number of nitrogens with zero attached hydrogens (tertiary/aromatic N) is 5. The van der Waals surface area contributed by atoms with Crippen LogP contribution in [0.25, 0.3) is 33.3 Å². The van der Waals surface area contributed by atoms with Crippen molar-refractivity contribution in [2.45, 2.75) is 31.9 Å². The van der Waals surface area contributed by atoms with Crippen molar-refractivity contribution in [3.8, 4) is 11.5 Å². The van der Waals surface area contributed by atoms with Crippen LogP contribution in [0, 0.1) is 0 Å². The molecular weight excluding hydrogens is 542 g/mol. The van der Waals surface area contributed by atoms with Gasteiger partial charge in [-0.05, 0) is 48.8 Å². The smallest absolute Gasteiger partial charge is 0.361 e. The van der Waals surface area contributed by atoms with E-state index in [0.717, 1.165) is 15.5 Å². The fourth-order valence-corrected chi connectivity index (χ4v) is 4.99. The number of hydrogen-bond donors (Lipinski definition) is 2. The van der Waals surface area contributed by atoms with Gasteiger partial charge in [0.05, 0.1) is 29.2 Å². The topological polar surface area (TPSA) is 104 Å². The number of benzene rings is 2. The van der Waals surface area contributed by atoms with Crippen LogP contribution in [0.3, 0.4) is 0 Å². The highest BCUT2D eigenvalue weighted by atomic mass is 19.4. The van der Waals surface area contributed by atoms with Crippen molar-refractivity contribution in [1.29, 1.82) is 0 Å². The lowest BCUT2D eigenvalue weighted by Gasteiger charge is -2.26. The molecule has 41 heavy (non-hydrogen) atoms. The SMILES string of the molecule is CN1CC/C(=N\c2cccc3c2cc(-c2noc(CNC(=O)c4ccc5cc[nH]c5c4)n2)n3CC(F)(F)F)[C@@H](F)C1. The number of carbonyl (C=O) groups excluding carboxylic acids is 1. The number of nitrogens with one attached hydrogen (secondary N) is 2. The summed E-state index contributed by atoms with van der Waals surface area (Å²) in [6.45, 7) is -0.584. The highest BCUT2D eigenvalue weighted by Gasteiger charge is 2.31. The number of H-pyrrole nitrogens is 1. The number of aromatic nitrogens is 4. The number of halogens is 4. The highest BCUT2D eigenvalue weighted by Crippen LogP contribution is 2.35. The van der Waals surface area contributed by atoms with E-state index in [0.29, 0.717) is 35.3 Å². The Labute approximate surface area is 230 Å². The van der Waals surface area contributed by atoms with Gasteiger partial charge in [0.1, 0.15) is 6.54 Å². The second-order valence-electron chi connectivity index (χ2n) is 10.00. The Morgan fingerprint density at radius 2 is 2.07 bits per heavy atom. The van der Waals surface area contributed by atoms with Crippen molar-refractivity contribution in [2.24, 2.45) is 4.99 Å². The first-order valence-electron chi connectivity index (χ1n) is 12.9. The maximum atomic E-state index is 14.7. The predicted molar refractivity (Wildman–Crippen MR) is 145 cm³/mol. The molecule has 1 aliphatic heterocycles. The molecule has 0 aliphatic carbocycles. The summed E-state index contributed by atoms with van der Waals surface area (Å²) < 4.78 is 61.9. The van der Waals surface area contributed by atoms with E-state index >= 15 is 0 Å². The number of piperidine rings is 1. The van der Waals surface area contributed by atoms with E-state index in [1.165, 1.54) is 12.1 Å². The molecule has 1 amide bonds. The van der Waals surface area contributed by atoms with Gasteiger partial charge in [-0.25, -0.2) is 4.39 Å². The Balaban J connectivity index is 1.29. The molecule has 0 bridgehead atoms. The lowest BCUT2D eigenvalue weighted by Crippen LogP contribution is -2.39. The summed E-state index contributed by atoms with van der Waals surface area (Å²) in [5.41, 5.74) is 2.25. The van der Waals surface area contributed by atoms with E-state index < -0.39 is 18.9 Å². The molecule has 1 atom stereocenters. The van der Waals surface area contributed by atoms with E-state index in [4.69, 9.17) is 4.52 Å². The van der Waals surface area contributed by atoms with Gasteiger partial charge in [-0.2, -0.15) is 18.2 Å². The summed E-state index contributed by atoms with van der Waals surface area (Å²) in [4.78, 5) is 26.3. The van der Waals surface area contributed by atoms with E-state index in [2.05, 4.69) is 25.4 Å². The van der Waals surface area contributed by atoms with Gasteiger partial charge in [-0.15, -0.1) is 0 Å². The third-order valence-corrected chi connectivity index (χ3v) is 7.02. The van der Waals surface area contributed by atoms with Crippen LogP contribution in [0.2, 0.25) is 0 Å². The quantitative estimate of drug-likeness (QED) is 0.267. The van der Waals surface area contributed by atoms with Crippen molar-refractivity contribution in [2.75, 3.05) is 20.1 Å². The summed E-state index contributed by atoms with van der Waals surface area (Å²) in [5, 5.41) is 7.94. The average molecular weight is 568 g/mol. The zero-order valence-corrected chi connectivity index (χ0v) is 21.9. The minimum Gasteiger partial charge on any atom is -0.361 e. The summed E-state index contributed by atoms with van der Waals surface area (Å²) >= 11 is 0. The Morgan fingerprint density at radius 1 is 1.22 bits per heavy atom. The first kappa shape index (κ1) is 26.7. The zero-order chi connectivity index (χ0) is 28.7. The number of hydrogen-bond acceptors (Lipinski definition) is 6. The first-order valence-corrected chi connectivity index (χ1v) is 12.9. The average Bonchev–Trinajstić information content (AvgIpc) is 3.67. The van der Waals surface area contributed by atoms with Crippen molar-refractivity contribution >= 4 is 39.1 Å². The number of fused-ring (bicyclic) bond motifs is 2. The minimum absolute atomic E-state index is 0.0187. The fourth-order valence-electron chi connectivity index (χ4n) is 4.99. The molecule has 2 aromatic carbocycles. The van der Waals surface area contributed by atoms with Gasteiger partial charge >= 0.3 is 6.18 Å². The van der Waals surface area contributed by atoms with Gasteiger partial charge in [0, 0.05) is 42.2 Å². The summed E-state index contributed by atoms with van der Waals surface area (Å²) in [5.74, 6) is -0.440. The van der Waals surface area contributed by atoms with E-state index in [1.54, 1.807) is 30.5 Å². The second kappa shape index (κ2) is 10.5. The van der Waals surface area contributed by atoms with Crippen LogP contribution in [0.15, 0.2) is 64.2 Å². The van der Waals surface area contributed by atoms with Gasteiger partial charge in [0.2, 0.25) is 11.7 Å². The second-order valence-corrected chi connectivity index (χ2v) is 10.00. The molecule has 9 nitrogen and oxygen atoms in total.